The van der Waals surface area contributed by atoms with E-state index in [0.717, 1.165) is 0 Å². The quantitative estimate of drug-likeness (QED) is 0.847. The molecule has 0 N–H and O–H groups in total. The van der Waals surface area contributed by atoms with Crippen molar-refractivity contribution in [2.45, 2.75) is 6.92 Å². The Balaban J connectivity index is 2.86. The maximum Gasteiger partial charge on any atom is 0.255 e. The second kappa shape index (κ2) is 5.90. The zero-order valence-electron chi connectivity index (χ0n) is 9.58. The van der Waals surface area contributed by atoms with E-state index in [-0.39, 0.29) is 11.8 Å². The van der Waals surface area contributed by atoms with Crippen molar-refractivity contribution < 1.29 is 4.79 Å². The minimum Gasteiger partial charge on any atom is -0.340 e. The normalized spacial score (nSPS) is 11.7. The van der Waals surface area contributed by atoms with E-state index in [1.165, 1.54) is 11.0 Å². The van der Waals surface area contributed by atoms with Gasteiger partial charge < -0.3 is 4.90 Å². The van der Waals surface area contributed by atoms with E-state index in [4.69, 9.17) is 28.5 Å². The molecule has 1 aromatic rings. The molecule has 0 fully saturated rings. The Labute approximate surface area is 111 Å². The molecule has 1 atom stereocenters. The van der Waals surface area contributed by atoms with Crippen molar-refractivity contribution in [3.63, 3.8) is 0 Å². The summed E-state index contributed by atoms with van der Waals surface area (Å²) >= 11 is 11.7. The number of amides is 1. The van der Waals surface area contributed by atoms with Gasteiger partial charge in [-0.3, -0.25) is 4.79 Å². The zero-order chi connectivity index (χ0) is 13.0. The Bertz CT molecular complexity index is 468. The number of carbonyl (C=O) groups is 1. The van der Waals surface area contributed by atoms with Gasteiger partial charge in [-0.15, -0.1) is 0 Å². The first-order chi connectivity index (χ1) is 7.95. The lowest BCUT2D eigenvalue weighted by Crippen LogP contribution is -2.30. The molecule has 0 saturated heterocycles. The van der Waals surface area contributed by atoms with Crippen molar-refractivity contribution in [1.29, 1.82) is 5.26 Å². The third-order valence-electron chi connectivity index (χ3n) is 2.28. The molecule has 1 amide bonds. The average Bonchev–Trinajstić information content (AvgIpc) is 2.28. The Kier molecular flexibility index (Phi) is 4.80. The number of nitrogens with zero attached hydrogens (tertiary/aromatic N) is 2. The van der Waals surface area contributed by atoms with Gasteiger partial charge in [0.15, 0.2) is 0 Å². The summed E-state index contributed by atoms with van der Waals surface area (Å²) in [4.78, 5) is 13.5. The smallest absolute Gasteiger partial charge is 0.255 e. The van der Waals surface area contributed by atoms with Crippen LogP contribution in [0, 0.1) is 17.2 Å². The summed E-state index contributed by atoms with van der Waals surface area (Å²) < 4.78 is 0. The number of hydrogen-bond acceptors (Lipinski definition) is 2. The largest absolute Gasteiger partial charge is 0.340 e. The molecule has 0 bridgehead atoms. The van der Waals surface area contributed by atoms with E-state index < -0.39 is 0 Å². The zero-order valence-corrected chi connectivity index (χ0v) is 11.1. The number of hydrogen-bond donors (Lipinski definition) is 0. The van der Waals surface area contributed by atoms with Crippen molar-refractivity contribution in [2.24, 2.45) is 5.92 Å². The van der Waals surface area contributed by atoms with Crippen LogP contribution in [0.15, 0.2) is 18.2 Å². The van der Waals surface area contributed by atoms with E-state index in [0.29, 0.717) is 22.2 Å². The molecular formula is C12H12Cl2N2O. The highest BCUT2D eigenvalue weighted by molar-refractivity contribution is 6.36. The first kappa shape index (κ1) is 13.8. The van der Waals surface area contributed by atoms with Gasteiger partial charge in [-0.1, -0.05) is 23.2 Å². The van der Waals surface area contributed by atoms with Gasteiger partial charge in [0.05, 0.1) is 22.6 Å². The highest BCUT2D eigenvalue weighted by atomic mass is 35.5. The molecule has 0 spiro atoms. The molecule has 0 aliphatic rings. The Morgan fingerprint density at radius 2 is 2.18 bits per heavy atom. The fraction of sp³-hybridized carbons (Fsp3) is 0.333. The standard InChI is InChI=1S/C12H12Cl2N2O/c1-8(6-15)7-16(2)12(17)10-4-3-9(13)5-11(10)14/h3-5,8H,7H2,1-2H3. The van der Waals surface area contributed by atoms with Crippen LogP contribution in [0.2, 0.25) is 10.0 Å². The number of nitriles is 1. The average molecular weight is 271 g/mol. The molecule has 1 rings (SSSR count). The predicted molar refractivity (Wildman–Crippen MR) is 68.2 cm³/mol. The number of rotatable bonds is 3. The van der Waals surface area contributed by atoms with Crippen molar-refractivity contribution >= 4 is 29.1 Å². The van der Waals surface area contributed by atoms with Crippen LogP contribution < -0.4 is 0 Å². The summed E-state index contributed by atoms with van der Waals surface area (Å²) in [6.45, 7) is 2.13. The first-order valence-corrected chi connectivity index (χ1v) is 5.81. The third-order valence-corrected chi connectivity index (χ3v) is 2.82. The maximum atomic E-state index is 12.0. The van der Waals surface area contributed by atoms with Crippen LogP contribution >= 0.6 is 23.2 Å². The Morgan fingerprint density at radius 1 is 1.53 bits per heavy atom. The molecule has 1 unspecified atom stereocenters. The van der Waals surface area contributed by atoms with Crippen LogP contribution in [0.1, 0.15) is 17.3 Å². The van der Waals surface area contributed by atoms with E-state index >= 15 is 0 Å². The second-order valence-electron chi connectivity index (χ2n) is 3.84. The molecule has 0 aliphatic heterocycles. The molecule has 5 heteroatoms. The SMILES string of the molecule is CC(C#N)CN(C)C(=O)c1ccc(Cl)cc1Cl. The fourth-order valence-corrected chi connectivity index (χ4v) is 1.89. The van der Waals surface area contributed by atoms with Gasteiger partial charge in [0.1, 0.15) is 0 Å². The molecule has 1 aromatic carbocycles. The lowest BCUT2D eigenvalue weighted by molar-refractivity contribution is 0.0785. The lowest BCUT2D eigenvalue weighted by Gasteiger charge is -2.18. The van der Waals surface area contributed by atoms with Gasteiger partial charge >= 0.3 is 0 Å². The minimum atomic E-state index is -0.214. The molecule has 0 heterocycles. The number of carbonyl (C=O) groups excluding carboxylic acids is 1. The molecule has 17 heavy (non-hydrogen) atoms. The van der Waals surface area contributed by atoms with Crippen LogP contribution in [0.25, 0.3) is 0 Å². The molecule has 0 aromatic heterocycles. The molecule has 3 nitrogen and oxygen atoms in total. The third kappa shape index (κ3) is 3.62. The van der Waals surface area contributed by atoms with Gasteiger partial charge in [-0.2, -0.15) is 5.26 Å². The summed E-state index contributed by atoms with van der Waals surface area (Å²) in [6.07, 6.45) is 0. The molecule has 0 saturated carbocycles. The molecule has 0 aliphatic carbocycles. The van der Waals surface area contributed by atoms with E-state index in [1.807, 2.05) is 0 Å². The van der Waals surface area contributed by atoms with Crippen molar-refractivity contribution in [2.75, 3.05) is 13.6 Å². The van der Waals surface area contributed by atoms with Gasteiger partial charge in [0.25, 0.3) is 5.91 Å². The molecule has 0 radical (unpaired) electrons. The molecule has 90 valence electrons. The van der Waals surface area contributed by atoms with Crippen LogP contribution in [0.4, 0.5) is 0 Å². The molecular weight excluding hydrogens is 259 g/mol. The van der Waals surface area contributed by atoms with Gasteiger partial charge in [0, 0.05) is 18.6 Å². The van der Waals surface area contributed by atoms with Crippen LogP contribution in [-0.4, -0.2) is 24.4 Å². The first-order valence-electron chi connectivity index (χ1n) is 5.06. The van der Waals surface area contributed by atoms with E-state index in [1.54, 1.807) is 26.1 Å². The maximum absolute atomic E-state index is 12.0. The van der Waals surface area contributed by atoms with Crippen LogP contribution in [0.5, 0.6) is 0 Å². The topological polar surface area (TPSA) is 44.1 Å². The summed E-state index contributed by atoms with van der Waals surface area (Å²) in [7, 11) is 1.64. The van der Waals surface area contributed by atoms with Gasteiger partial charge in [-0.05, 0) is 25.1 Å². The summed E-state index contributed by atoms with van der Waals surface area (Å²) in [5, 5.41) is 9.50. The van der Waals surface area contributed by atoms with Crippen molar-refractivity contribution in [1.82, 2.24) is 4.90 Å². The second-order valence-corrected chi connectivity index (χ2v) is 4.68. The van der Waals surface area contributed by atoms with Crippen molar-refractivity contribution in [3.05, 3.63) is 33.8 Å². The Hall–Kier alpha value is -1.24. The lowest BCUT2D eigenvalue weighted by atomic mass is 10.1. The van der Waals surface area contributed by atoms with Crippen LogP contribution in [-0.2, 0) is 0 Å². The fourth-order valence-electron chi connectivity index (χ4n) is 1.40. The van der Waals surface area contributed by atoms with Crippen molar-refractivity contribution in [3.8, 4) is 6.07 Å². The highest BCUT2D eigenvalue weighted by Crippen LogP contribution is 2.22. The van der Waals surface area contributed by atoms with E-state index in [9.17, 15) is 4.79 Å². The van der Waals surface area contributed by atoms with Gasteiger partial charge in [-0.25, -0.2) is 0 Å². The van der Waals surface area contributed by atoms with E-state index in [2.05, 4.69) is 6.07 Å². The predicted octanol–water partition coefficient (Wildman–Crippen LogP) is 3.23. The Morgan fingerprint density at radius 3 is 2.71 bits per heavy atom. The monoisotopic (exact) mass is 270 g/mol. The summed E-state index contributed by atoms with van der Waals surface area (Å²) in [5.74, 6) is -0.427. The van der Waals surface area contributed by atoms with Gasteiger partial charge in [0.2, 0.25) is 0 Å². The number of halogens is 2. The highest BCUT2D eigenvalue weighted by Gasteiger charge is 2.16. The summed E-state index contributed by atoms with van der Waals surface area (Å²) in [5.41, 5.74) is 0.392. The van der Waals surface area contributed by atoms with Crippen LogP contribution in [0.3, 0.4) is 0 Å². The number of benzene rings is 1. The summed E-state index contributed by atoms with van der Waals surface area (Å²) in [6, 6.07) is 6.80. The minimum absolute atomic E-state index is 0.213.